The van der Waals surface area contributed by atoms with Crippen LogP contribution in [0.3, 0.4) is 0 Å². The van der Waals surface area contributed by atoms with Crippen molar-refractivity contribution in [3.05, 3.63) is 45.9 Å². The van der Waals surface area contributed by atoms with Crippen molar-refractivity contribution in [2.24, 2.45) is 0 Å². The summed E-state index contributed by atoms with van der Waals surface area (Å²) < 4.78 is 5.40. The molecule has 3 aromatic rings. The number of halogens is 1. The number of carbonyl (C=O) groups excluding carboxylic acids is 1. The zero-order valence-corrected chi connectivity index (χ0v) is 17.2. The van der Waals surface area contributed by atoms with Gasteiger partial charge in [0.25, 0.3) is 5.91 Å². The molecular formula is C19H18ClN5O2S. The molecule has 4 rings (SSSR count). The number of methoxy groups -OCH3 is 1. The summed E-state index contributed by atoms with van der Waals surface area (Å²) in [6.45, 7) is 4.01. The molecule has 1 amide bonds. The lowest BCUT2D eigenvalue weighted by Crippen LogP contribution is -2.14. The summed E-state index contributed by atoms with van der Waals surface area (Å²) in [6.07, 6.45) is 5.27. The predicted molar refractivity (Wildman–Crippen MR) is 108 cm³/mol. The lowest BCUT2D eigenvalue weighted by atomic mass is 10.0. The molecule has 0 radical (unpaired) electrons. The Kier molecular flexibility index (Phi) is 4.76. The Morgan fingerprint density at radius 3 is 2.71 bits per heavy atom. The molecule has 9 heteroatoms. The van der Waals surface area contributed by atoms with Gasteiger partial charge in [-0.25, -0.2) is 4.98 Å². The van der Waals surface area contributed by atoms with Gasteiger partial charge in [0.05, 0.1) is 18.9 Å². The molecule has 1 aliphatic carbocycles. The molecule has 0 atom stereocenters. The van der Waals surface area contributed by atoms with Crippen molar-refractivity contribution in [1.29, 1.82) is 0 Å². The first-order chi connectivity index (χ1) is 13.4. The maximum absolute atomic E-state index is 13.0. The van der Waals surface area contributed by atoms with Crippen LogP contribution in [0.1, 0.15) is 40.8 Å². The van der Waals surface area contributed by atoms with E-state index >= 15 is 0 Å². The maximum atomic E-state index is 13.0. The summed E-state index contributed by atoms with van der Waals surface area (Å²) in [5.74, 6) is 0.199. The molecule has 144 valence electrons. The number of carbonyl (C=O) groups is 1. The van der Waals surface area contributed by atoms with Crippen molar-refractivity contribution in [3.63, 3.8) is 0 Å². The number of ether oxygens (including phenoxy) is 1. The lowest BCUT2D eigenvalue weighted by Gasteiger charge is -2.13. The van der Waals surface area contributed by atoms with Gasteiger partial charge in [0, 0.05) is 28.4 Å². The molecule has 3 heterocycles. The maximum Gasteiger partial charge on any atom is 0.259 e. The molecule has 0 saturated heterocycles. The molecule has 0 bridgehead atoms. The summed E-state index contributed by atoms with van der Waals surface area (Å²) in [7, 11) is 1.55. The van der Waals surface area contributed by atoms with E-state index in [2.05, 4.69) is 32.4 Å². The van der Waals surface area contributed by atoms with E-state index < -0.39 is 0 Å². The largest absolute Gasteiger partial charge is 0.494 e. The van der Waals surface area contributed by atoms with E-state index in [1.807, 2.05) is 13.0 Å². The summed E-state index contributed by atoms with van der Waals surface area (Å²) in [6, 6.07) is 3.49. The number of aryl methyl sites for hydroxylation is 1. The van der Waals surface area contributed by atoms with Crippen LogP contribution in [-0.4, -0.2) is 33.2 Å². The molecule has 3 aromatic heterocycles. The first-order valence-electron chi connectivity index (χ1n) is 8.71. The van der Waals surface area contributed by atoms with Gasteiger partial charge >= 0.3 is 0 Å². The third kappa shape index (κ3) is 3.57. The van der Waals surface area contributed by atoms with Gasteiger partial charge in [-0.1, -0.05) is 29.9 Å². The molecule has 0 spiro atoms. The quantitative estimate of drug-likeness (QED) is 0.626. The summed E-state index contributed by atoms with van der Waals surface area (Å²) >= 11 is 7.49. The average molecular weight is 416 g/mol. The topological polar surface area (TPSA) is 89.9 Å². The van der Waals surface area contributed by atoms with Crippen molar-refractivity contribution >= 4 is 34.0 Å². The molecule has 1 saturated carbocycles. The number of nitrogens with one attached hydrogen (secondary N) is 1. The van der Waals surface area contributed by atoms with Crippen LogP contribution in [0, 0.1) is 6.92 Å². The monoisotopic (exact) mass is 415 g/mol. The van der Waals surface area contributed by atoms with Crippen molar-refractivity contribution in [3.8, 4) is 16.9 Å². The van der Waals surface area contributed by atoms with Crippen molar-refractivity contribution in [2.45, 2.75) is 32.1 Å². The second-order valence-electron chi connectivity index (χ2n) is 7.01. The first kappa shape index (κ1) is 18.8. The van der Waals surface area contributed by atoms with E-state index in [0.717, 1.165) is 23.5 Å². The van der Waals surface area contributed by atoms with Gasteiger partial charge in [-0.05, 0) is 31.9 Å². The zero-order valence-electron chi connectivity index (χ0n) is 15.6. The molecule has 0 aliphatic heterocycles. The average Bonchev–Trinajstić information content (AvgIpc) is 3.24. The molecule has 1 N–H and O–H groups in total. The van der Waals surface area contributed by atoms with E-state index in [4.69, 9.17) is 16.3 Å². The van der Waals surface area contributed by atoms with Gasteiger partial charge in [0.2, 0.25) is 5.13 Å². The fourth-order valence-corrected chi connectivity index (χ4v) is 3.94. The lowest BCUT2D eigenvalue weighted by molar-refractivity contribution is 0.102. The number of hydrogen-bond donors (Lipinski definition) is 1. The smallest absolute Gasteiger partial charge is 0.259 e. The third-order valence-electron chi connectivity index (χ3n) is 4.79. The normalized spacial score (nSPS) is 14.6. The molecule has 0 unspecified atom stereocenters. The highest BCUT2D eigenvalue weighted by Gasteiger charge is 2.42. The SMILES string of the molecule is COc1cnc(Cl)cc1-c1cc(C)ncc1C(=O)Nc1nnc(C2(C)CC2)s1. The third-order valence-corrected chi connectivity index (χ3v) is 6.14. The highest BCUT2D eigenvalue weighted by molar-refractivity contribution is 7.15. The number of aromatic nitrogens is 4. The second-order valence-corrected chi connectivity index (χ2v) is 8.37. The minimum Gasteiger partial charge on any atom is -0.494 e. The Morgan fingerprint density at radius 2 is 2.00 bits per heavy atom. The van der Waals surface area contributed by atoms with Crippen molar-refractivity contribution < 1.29 is 9.53 Å². The van der Waals surface area contributed by atoms with Crippen LogP contribution >= 0.6 is 22.9 Å². The number of pyridine rings is 2. The van der Waals surface area contributed by atoms with Gasteiger partial charge in [0.15, 0.2) is 0 Å². The standard InChI is InChI=1S/C19H18ClN5O2S/c1-10-6-11(12-7-15(20)22-9-14(12)27-3)13(8-21-10)16(26)23-18-25-24-17(28-18)19(2)4-5-19/h6-9H,4-5H2,1-3H3,(H,23,25,26). The minimum absolute atomic E-state index is 0.109. The van der Waals surface area contributed by atoms with Crippen LogP contribution in [0.2, 0.25) is 5.15 Å². The number of amides is 1. The zero-order chi connectivity index (χ0) is 19.9. The predicted octanol–water partition coefficient (Wildman–Crippen LogP) is 4.27. The Balaban J connectivity index is 1.69. The summed E-state index contributed by atoms with van der Waals surface area (Å²) in [5, 5.41) is 12.9. The Labute approximate surface area is 171 Å². The fraction of sp³-hybridized carbons (Fsp3) is 0.316. The highest BCUT2D eigenvalue weighted by atomic mass is 35.5. The van der Waals surface area contributed by atoms with E-state index in [9.17, 15) is 4.79 Å². The molecule has 7 nitrogen and oxygen atoms in total. The molecular weight excluding hydrogens is 398 g/mol. The number of hydrogen-bond acceptors (Lipinski definition) is 7. The Hall–Kier alpha value is -2.58. The second kappa shape index (κ2) is 7.10. The number of nitrogens with zero attached hydrogens (tertiary/aromatic N) is 4. The number of rotatable bonds is 5. The van der Waals surface area contributed by atoms with E-state index in [-0.39, 0.29) is 11.3 Å². The Morgan fingerprint density at radius 1 is 1.21 bits per heavy atom. The van der Waals surface area contributed by atoms with E-state index in [0.29, 0.717) is 32.7 Å². The number of anilines is 1. The summed E-state index contributed by atoms with van der Waals surface area (Å²) in [4.78, 5) is 21.3. The van der Waals surface area contributed by atoms with Crippen LogP contribution in [-0.2, 0) is 5.41 Å². The van der Waals surface area contributed by atoms with E-state index in [1.165, 1.54) is 23.7 Å². The van der Waals surface area contributed by atoms with Crippen LogP contribution in [0.5, 0.6) is 5.75 Å². The highest BCUT2D eigenvalue weighted by Crippen LogP contribution is 2.49. The molecule has 0 aromatic carbocycles. The van der Waals surface area contributed by atoms with Gasteiger partial charge in [-0.3, -0.25) is 15.1 Å². The minimum atomic E-state index is -0.318. The Bertz CT molecular complexity index is 1060. The van der Waals surface area contributed by atoms with Gasteiger partial charge in [0.1, 0.15) is 15.9 Å². The van der Waals surface area contributed by atoms with Crippen LogP contribution in [0.15, 0.2) is 24.5 Å². The van der Waals surface area contributed by atoms with Gasteiger partial charge in [-0.15, -0.1) is 10.2 Å². The van der Waals surface area contributed by atoms with Crippen LogP contribution in [0.25, 0.3) is 11.1 Å². The molecule has 1 aliphatic rings. The van der Waals surface area contributed by atoms with Crippen LogP contribution < -0.4 is 10.1 Å². The fourth-order valence-electron chi connectivity index (χ4n) is 2.84. The van der Waals surface area contributed by atoms with Crippen LogP contribution in [0.4, 0.5) is 5.13 Å². The van der Waals surface area contributed by atoms with Gasteiger partial charge in [-0.2, -0.15) is 0 Å². The van der Waals surface area contributed by atoms with E-state index in [1.54, 1.807) is 13.2 Å². The van der Waals surface area contributed by atoms with Crippen molar-refractivity contribution in [1.82, 2.24) is 20.2 Å². The molecule has 1 fully saturated rings. The summed E-state index contributed by atoms with van der Waals surface area (Å²) in [5.41, 5.74) is 2.59. The first-order valence-corrected chi connectivity index (χ1v) is 9.91. The van der Waals surface area contributed by atoms with Gasteiger partial charge < -0.3 is 4.74 Å². The molecule has 28 heavy (non-hydrogen) atoms. The van der Waals surface area contributed by atoms with Crippen molar-refractivity contribution in [2.75, 3.05) is 12.4 Å².